The fraction of sp³-hybridized carbons (Fsp3) is 0.438. The average Bonchev–Trinajstić information content (AvgIpc) is 3.01. The lowest BCUT2D eigenvalue weighted by atomic mass is 10.2. The van der Waals surface area contributed by atoms with Gasteiger partial charge in [-0.05, 0) is 37.8 Å². The lowest BCUT2D eigenvalue weighted by molar-refractivity contribution is -0.137. The number of carbonyl (C=O) groups excluding carboxylic acids is 2. The second-order valence-corrected chi connectivity index (χ2v) is 6.10. The zero-order valence-corrected chi connectivity index (χ0v) is 12.6. The summed E-state index contributed by atoms with van der Waals surface area (Å²) >= 11 is 0. The van der Waals surface area contributed by atoms with Gasteiger partial charge in [-0.15, -0.1) is 0 Å². The van der Waals surface area contributed by atoms with Gasteiger partial charge in [0.1, 0.15) is 11.7 Å². The average molecular weight is 314 g/mol. The Hall–Kier alpha value is -2.57. The summed E-state index contributed by atoms with van der Waals surface area (Å²) in [5, 5.41) is 9.70. The molecule has 120 valence electrons. The second kappa shape index (κ2) is 5.57. The number of nitrogens with one attached hydrogen (secondary N) is 2. The van der Waals surface area contributed by atoms with Gasteiger partial charge in [0, 0.05) is 18.5 Å². The van der Waals surface area contributed by atoms with Crippen LogP contribution in [0.2, 0.25) is 0 Å². The molecule has 7 heteroatoms. The number of anilines is 1. The molecule has 2 aliphatic rings. The Balaban J connectivity index is 1.44. The van der Waals surface area contributed by atoms with Gasteiger partial charge in [0.25, 0.3) is 0 Å². The third-order valence-electron chi connectivity index (χ3n) is 4.38. The Bertz CT molecular complexity index is 718. The van der Waals surface area contributed by atoms with Crippen LogP contribution < -0.4 is 5.32 Å². The van der Waals surface area contributed by atoms with Crippen LogP contribution in [0.3, 0.4) is 0 Å². The van der Waals surface area contributed by atoms with E-state index in [4.69, 9.17) is 4.42 Å². The minimum absolute atomic E-state index is 0.126. The van der Waals surface area contributed by atoms with E-state index in [0.717, 1.165) is 19.3 Å². The number of H-pyrrole nitrogens is 1. The van der Waals surface area contributed by atoms with Crippen LogP contribution in [-0.4, -0.2) is 39.5 Å². The molecule has 1 aliphatic heterocycles. The van der Waals surface area contributed by atoms with E-state index in [-0.39, 0.29) is 23.8 Å². The molecule has 2 fully saturated rings. The van der Waals surface area contributed by atoms with Gasteiger partial charge >= 0.3 is 0 Å². The molecule has 2 N–H and O–H groups in total. The minimum atomic E-state index is -0.383. The maximum atomic E-state index is 12.5. The molecule has 2 amide bonds. The van der Waals surface area contributed by atoms with Crippen LogP contribution in [0.5, 0.6) is 0 Å². The summed E-state index contributed by atoms with van der Waals surface area (Å²) < 4.78 is 5.28. The molecular formula is C16H18N4O3. The van der Waals surface area contributed by atoms with E-state index in [1.54, 1.807) is 23.3 Å². The van der Waals surface area contributed by atoms with Crippen LogP contribution in [0.25, 0.3) is 11.5 Å². The van der Waals surface area contributed by atoms with Crippen LogP contribution in [0.1, 0.15) is 25.7 Å². The van der Waals surface area contributed by atoms with E-state index in [1.165, 1.54) is 0 Å². The highest BCUT2D eigenvalue weighted by molar-refractivity contribution is 5.97. The molecule has 2 aromatic heterocycles. The molecule has 0 aromatic carbocycles. The lowest BCUT2D eigenvalue weighted by Crippen LogP contribution is -2.43. The van der Waals surface area contributed by atoms with Gasteiger partial charge < -0.3 is 14.6 Å². The van der Waals surface area contributed by atoms with Crippen molar-refractivity contribution in [3.63, 3.8) is 0 Å². The number of aromatic amines is 1. The minimum Gasteiger partial charge on any atom is -0.463 e. The number of likely N-dealkylation sites (tertiary alicyclic amines) is 1. The number of furan rings is 1. The van der Waals surface area contributed by atoms with Crippen molar-refractivity contribution in [2.45, 2.75) is 31.7 Å². The summed E-state index contributed by atoms with van der Waals surface area (Å²) in [6, 6.07) is 4.94. The summed E-state index contributed by atoms with van der Waals surface area (Å²) in [7, 11) is 0. The number of aromatic nitrogens is 2. The highest BCUT2D eigenvalue weighted by Gasteiger charge is 2.40. The van der Waals surface area contributed by atoms with E-state index < -0.39 is 0 Å². The molecule has 1 saturated heterocycles. The number of amides is 2. The predicted octanol–water partition coefficient (Wildman–Crippen LogP) is 2.01. The topological polar surface area (TPSA) is 91.2 Å². The summed E-state index contributed by atoms with van der Waals surface area (Å²) in [5.74, 6) is 1.19. The van der Waals surface area contributed by atoms with Crippen molar-refractivity contribution in [1.29, 1.82) is 0 Å². The molecule has 4 rings (SSSR count). The molecule has 7 nitrogen and oxygen atoms in total. The van der Waals surface area contributed by atoms with Crippen LogP contribution in [0.4, 0.5) is 5.82 Å². The SMILES string of the molecule is O=C(Nc1cc(-c2ccco2)[nH]n1)[C@@H]1CCCN1C(=O)C1CC1. The number of nitrogens with zero attached hydrogens (tertiary/aromatic N) is 2. The molecule has 2 aromatic rings. The Kier molecular flexibility index (Phi) is 3.40. The van der Waals surface area contributed by atoms with Gasteiger partial charge in [-0.1, -0.05) is 0 Å². The highest BCUT2D eigenvalue weighted by Crippen LogP contribution is 2.34. The van der Waals surface area contributed by atoms with Crippen LogP contribution in [0, 0.1) is 5.92 Å². The third kappa shape index (κ3) is 2.74. The van der Waals surface area contributed by atoms with E-state index in [9.17, 15) is 9.59 Å². The van der Waals surface area contributed by atoms with Gasteiger partial charge in [-0.25, -0.2) is 0 Å². The van der Waals surface area contributed by atoms with Crippen molar-refractivity contribution in [3.8, 4) is 11.5 Å². The van der Waals surface area contributed by atoms with Crippen LogP contribution in [-0.2, 0) is 9.59 Å². The Morgan fingerprint density at radius 1 is 1.35 bits per heavy atom. The number of hydrogen-bond donors (Lipinski definition) is 2. The molecule has 3 heterocycles. The van der Waals surface area contributed by atoms with E-state index in [1.807, 2.05) is 6.07 Å². The molecule has 0 spiro atoms. The Morgan fingerprint density at radius 2 is 2.22 bits per heavy atom. The molecular weight excluding hydrogens is 296 g/mol. The standard InChI is InChI=1S/C16H18N4O3/c21-15(12-3-1-7-20(12)16(22)10-5-6-10)17-14-9-11(18-19-14)13-4-2-8-23-13/h2,4,8-10,12H,1,3,5-7H2,(H2,17,18,19,21)/t12-/m0/s1. The van der Waals surface area contributed by atoms with Gasteiger partial charge in [-0.3, -0.25) is 14.7 Å². The molecule has 1 aliphatic carbocycles. The summed E-state index contributed by atoms with van der Waals surface area (Å²) in [5.41, 5.74) is 0.697. The van der Waals surface area contributed by atoms with E-state index in [2.05, 4.69) is 15.5 Å². The zero-order chi connectivity index (χ0) is 15.8. The van der Waals surface area contributed by atoms with Crippen molar-refractivity contribution in [2.75, 3.05) is 11.9 Å². The summed E-state index contributed by atoms with van der Waals surface area (Å²) in [6.45, 7) is 0.672. The van der Waals surface area contributed by atoms with Gasteiger partial charge in [-0.2, -0.15) is 5.10 Å². The van der Waals surface area contributed by atoms with Crippen LogP contribution in [0.15, 0.2) is 28.9 Å². The van der Waals surface area contributed by atoms with Crippen molar-refractivity contribution in [3.05, 3.63) is 24.5 Å². The van der Waals surface area contributed by atoms with Gasteiger partial charge in [0.05, 0.1) is 6.26 Å². The van der Waals surface area contributed by atoms with E-state index in [0.29, 0.717) is 30.2 Å². The Labute approximate surface area is 133 Å². The fourth-order valence-corrected chi connectivity index (χ4v) is 3.02. The first kappa shape index (κ1) is 14.0. The fourth-order valence-electron chi connectivity index (χ4n) is 3.02. The van der Waals surface area contributed by atoms with Crippen molar-refractivity contribution < 1.29 is 14.0 Å². The quantitative estimate of drug-likeness (QED) is 0.903. The van der Waals surface area contributed by atoms with Crippen LogP contribution >= 0.6 is 0 Å². The van der Waals surface area contributed by atoms with Crippen molar-refractivity contribution in [2.24, 2.45) is 5.92 Å². The highest BCUT2D eigenvalue weighted by atomic mass is 16.3. The molecule has 0 bridgehead atoms. The first-order valence-corrected chi connectivity index (χ1v) is 7.93. The molecule has 1 atom stereocenters. The third-order valence-corrected chi connectivity index (χ3v) is 4.38. The normalized spacial score (nSPS) is 20.7. The van der Waals surface area contributed by atoms with Gasteiger partial charge in [0.15, 0.2) is 11.6 Å². The summed E-state index contributed by atoms with van der Waals surface area (Å²) in [6.07, 6.45) is 5.06. The zero-order valence-electron chi connectivity index (χ0n) is 12.6. The number of hydrogen-bond acceptors (Lipinski definition) is 4. The summed E-state index contributed by atoms with van der Waals surface area (Å²) in [4.78, 5) is 26.5. The van der Waals surface area contributed by atoms with Crippen molar-refractivity contribution in [1.82, 2.24) is 15.1 Å². The first-order chi connectivity index (χ1) is 11.2. The lowest BCUT2D eigenvalue weighted by Gasteiger charge is -2.23. The van der Waals surface area contributed by atoms with E-state index >= 15 is 0 Å². The Morgan fingerprint density at radius 3 is 2.96 bits per heavy atom. The number of rotatable bonds is 4. The second-order valence-electron chi connectivity index (χ2n) is 6.10. The smallest absolute Gasteiger partial charge is 0.248 e. The molecule has 0 unspecified atom stereocenters. The van der Waals surface area contributed by atoms with Crippen molar-refractivity contribution >= 4 is 17.6 Å². The predicted molar refractivity (Wildman–Crippen MR) is 82.4 cm³/mol. The maximum absolute atomic E-state index is 12.5. The molecule has 23 heavy (non-hydrogen) atoms. The maximum Gasteiger partial charge on any atom is 0.248 e. The number of carbonyl (C=O) groups is 2. The monoisotopic (exact) mass is 314 g/mol. The van der Waals surface area contributed by atoms with Gasteiger partial charge in [0.2, 0.25) is 11.8 Å². The molecule has 0 radical (unpaired) electrons. The molecule has 1 saturated carbocycles. The largest absolute Gasteiger partial charge is 0.463 e. The first-order valence-electron chi connectivity index (χ1n) is 7.93.